The molecule has 0 saturated carbocycles. The van der Waals surface area contributed by atoms with Gasteiger partial charge in [0.25, 0.3) is 0 Å². The molecule has 3 aromatic rings. The Balaban J connectivity index is 1.95. The summed E-state index contributed by atoms with van der Waals surface area (Å²) in [6, 6.07) is 20.5. The van der Waals surface area contributed by atoms with E-state index in [0.29, 0.717) is 23.0 Å². The molecule has 0 amide bonds. The number of hydrogen-bond donors (Lipinski definition) is 1. The Bertz CT molecular complexity index is 825. The van der Waals surface area contributed by atoms with E-state index < -0.39 is 0 Å². The number of para-hydroxylation sites is 2. The van der Waals surface area contributed by atoms with Crippen molar-refractivity contribution >= 4 is 0 Å². The highest BCUT2D eigenvalue weighted by Crippen LogP contribution is 2.42. The predicted molar refractivity (Wildman–Crippen MR) is 90.6 cm³/mol. The molecule has 0 unspecified atom stereocenters. The van der Waals surface area contributed by atoms with Gasteiger partial charge in [0.2, 0.25) is 5.75 Å². The monoisotopic (exact) mass is 306 g/mol. The van der Waals surface area contributed by atoms with E-state index in [-0.39, 0.29) is 5.75 Å². The van der Waals surface area contributed by atoms with Crippen LogP contribution in [0.1, 0.15) is 11.1 Å². The molecule has 23 heavy (non-hydrogen) atoms. The van der Waals surface area contributed by atoms with Gasteiger partial charge in [-0.3, -0.25) is 0 Å². The Kier molecular flexibility index (Phi) is 4.20. The molecule has 3 nitrogen and oxygen atoms in total. The van der Waals surface area contributed by atoms with Crippen molar-refractivity contribution < 1.29 is 14.6 Å². The van der Waals surface area contributed by atoms with E-state index in [0.717, 1.165) is 11.1 Å². The highest BCUT2D eigenvalue weighted by atomic mass is 16.5. The van der Waals surface area contributed by atoms with Gasteiger partial charge in [-0.25, -0.2) is 0 Å². The van der Waals surface area contributed by atoms with E-state index in [4.69, 9.17) is 9.47 Å². The number of phenols is 1. The second-order valence-electron chi connectivity index (χ2n) is 5.39. The van der Waals surface area contributed by atoms with E-state index in [1.54, 1.807) is 18.2 Å². The Morgan fingerprint density at radius 3 is 2.26 bits per heavy atom. The molecule has 0 saturated heterocycles. The van der Waals surface area contributed by atoms with Crippen LogP contribution in [0, 0.1) is 13.8 Å². The van der Waals surface area contributed by atoms with Crippen LogP contribution in [0.2, 0.25) is 0 Å². The summed E-state index contributed by atoms with van der Waals surface area (Å²) in [4.78, 5) is 0. The maximum atomic E-state index is 10.2. The van der Waals surface area contributed by atoms with Crippen molar-refractivity contribution in [2.75, 3.05) is 0 Å². The zero-order valence-corrected chi connectivity index (χ0v) is 13.1. The summed E-state index contributed by atoms with van der Waals surface area (Å²) in [7, 11) is 0. The molecule has 0 aliphatic carbocycles. The number of ether oxygens (including phenoxy) is 2. The van der Waals surface area contributed by atoms with Gasteiger partial charge in [-0.1, -0.05) is 36.4 Å². The molecule has 1 N–H and O–H groups in total. The minimum Gasteiger partial charge on any atom is -0.504 e. The van der Waals surface area contributed by atoms with Crippen molar-refractivity contribution in [2.24, 2.45) is 0 Å². The Morgan fingerprint density at radius 2 is 1.48 bits per heavy atom. The normalized spacial score (nSPS) is 10.3. The average Bonchev–Trinajstić information content (AvgIpc) is 2.52. The Labute approximate surface area is 135 Å². The fourth-order valence-corrected chi connectivity index (χ4v) is 2.27. The van der Waals surface area contributed by atoms with E-state index >= 15 is 0 Å². The molecular formula is C20H18O3. The molecule has 0 bridgehead atoms. The van der Waals surface area contributed by atoms with Gasteiger partial charge in [-0.15, -0.1) is 0 Å². The summed E-state index contributed by atoms with van der Waals surface area (Å²) in [5.41, 5.74) is 2.08. The number of benzene rings is 3. The largest absolute Gasteiger partial charge is 0.504 e. The minimum absolute atomic E-state index is 0.0402. The summed E-state index contributed by atoms with van der Waals surface area (Å²) in [5.74, 6) is 2.20. The molecule has 3 aromatic carbocycles. The summed E-state index contributed by atoms with van der Waals surface area (Å²) in [5, 5.41) is 10.2. The fraction of sp³-hybridized carbons (Fsp3) is 0.100. The van der Waals surface area contributed by atoms with Crippen LogP contribution in [-0.2, 0) is 0 Å². The molecule has 0 aliphatic heterocycles. The SMILES string of the molecule is Cc1cccc(Oc2cccc(O)c2Oc2ccccc2C)c1. The van der Waals surface area contributed by atoms with Crippen LogP contribution in [0.15, 0.2) is 66.7 Å². The van der Waals surface area contributed by atoms with Crippen LogP contribution in [-0.4, -0.2) is 5.11 Å². The van der Waals surface area contributed by atoms with Gasteiger partial charge >= 0.3 is 0 Å². The molecule has 0 aromatic heterocycles. The lowest BCUT2D eigenvalue weighted by Crippen LogP contribution is -1.92. The van der Waals surface area contributed by atoms with Gasteiger partial charge < -0.3 is 14.6 Å². The standard InChI is InChI=1S/C20H18O3/c1-14-7-5-9-16(13-14)22-19-12-6-10-17(21)20(19)23-18-11-4-3-8-15(18)2/h3-13,21H,1-2H3. The molecule has 0 heterocycles. The molecule has 0 atom stereocenters. The first-order valence-electron chi connectivity index (χ1n) is 7.43. The van der Waals surface area contributed by atoms with Gasteiger partial charge in [-0.2, -0.15) is 0 Å². The summed E-state index contributed by atoms with van der Waals surface area (Å²) >= 11 is 0. The van der Waals surface area contributed by atoms with E-state index in [9.17, 15) is 5.11 Å². The topological polar surface area (TPSA) is 38.7 Å². The first-order valence-corrected chi connectivity index (χ1v) is 7.43. The fourth-order valence-electron chi connectivity index (χ4n) is 2.27. The van der Waals surface area contributed by atoms with E-state index in [1.165, 1.54) is 0 Å². The number of rotatable bonds is 4. The third-order valence-corrected chi connectivity index (χ3v) is 3.48. The zero-order chi connectivity index (χ0) is 16.2. The third-order valence-electron chi connectivity index (χ3n) is 3.48. The van der Waals surface area contributed by atoms with Gasteiger partial charge in [0.05, 0.1) is 0 Å². The van der Waals surface area contributed by atoms with Crippen LogP contribution < -0.4 is 9.47 Å². The molecule has 116 valence electrons. The number of aryl methyl sites for hydroxylation is 2. The average molecular weight is 306 g/mol. The van der Waals surface area contributed by atoms with E-state index in [2.05, 4.69) is 0 Å². The van der Waals surface area contributed by atoms with Gasteiger partial charge in [0, 0.05) is 0 Å². The second-order valence-corrected chi connectivity index (χ2v) is 5.39. The van der Waals surface area contributed by atoms with Crippen LogP contribution >= 0.6 is 0 Å². The van der Waals surface area contributed by atoms with Gasteiger partial charge in [-0.05, 0) is 55.3 Å². The lowest BCUT2D eigenvalue weighted by atomic mass is 10.2. The van der Waals surface area contributed by atoms with Crippen molar-refractivity contribution in [1.29, 1.82) is 0 Å². The van der Waals surface area contributed by atoms with Gasteiger partial charge in [0.15, 0.2) is 11.5 Å². The molecule has 0 fully saturated rings. The quantitative estimate of drug-likeness (QED) is 0.682. The summed E-state index contributed by atoms with van der Waals surface area (Å²) in [6.45, 7) is 3.95. The minimum atomic E-state index is 0.0402. The zero-order valence-electron chi connectivity index (χ0n) is 13.1. The number of aromatic hydroxyl groups is 1. The number of phenolic OH excluding ortho intramolecular Hbond substituents is 1. The molecule has 3 rings (SSSR count). The maximum absolute atomic E-state index is 10.2. The smallest absolute Gasteiger partial charge is 0.211 e. The van der Waals surface area contributed by atoms with Crippen LogP contribution in [0.25, 0.3) is 0 Å². The van der Waals surface area contributed by atoms with Crippen molar-refractivity contribution in [3.63, 3.8) is 0 Å². The van der Waals surface area contributed by atoms with Crippen molar-refractivity contribution in [2.45, 2.75) is 13.8 Å². The van der Waals surface area contributed by atoms with Crippen LogP contribution in [0.5, 0.6) is 28.7 Å². The van der Waals surface area contributed by atoms with Crippen LogP contribution in [0.4, 0.5) is 0 Å². The Morgan fingerprint density at radius 1 is 0.739 bits per heavy atom. The third kappa shape index (κ3) is 3.46. The lowest BCUT2D eigenvalue weighted by Gasteiger charge is -2.15. The van der Waals surface area contributed by atoms with Gasteiger partial charge in [0.1, 0.15) is 11.5 Å². The van der Waals surface area contributed by atoms with Crippen molar-refractivity contribution in [3.8, 4) is 28.7 Å². The molecular weight excluding hydrogens is 288 g/mol. The molecule has 0 aliphatic rings. The second kappa shape index (κ2) is 6.44. The highest BCUT2D eigenvalue weighted by molar-refractivity contribution is 5.54. The van der Waals surface area contributed by atoms with Crippen molar-refractivity contribution in [1.82, 2.24) is 0 Å². The highest BCUT2D eigenvalue weighted by Gasteiger charge is 2.13. The van der Waals surface area contributed by atoms with Crippen molar-refractivity contribution in [3.05, 3.63) is 77.9 Å². The first-order chi connectivity index (χ1) is 11.1. The molecule has 0 radical (unpaired) electrons. The van der Waals surface area contributed by atoms with Crippen LogP contribution in [0.3, 0.4) is 0 Å². The molecule has 0 spiro atoms. The summed E-state index contributed by atoms with van der Waals surface area (Å²) in [6.07, 6.45) is 0. The number of hydrogen-bond acceptors (Lipinski definition) is 3. The molecule has 3 heteroatoms. The lowest BCUT2D eigenvalue weighted by molar-refractivity contribution is 0.380. The summed E-state index contributed by atoms with van der Waals surface area (Å²) < 4.78 is 11.8. The Hall–Kier alpha value is -2.94. The van der Waals surface area contributed by atoms with E-state index in [1.807, 2.05) is 62.4 Å². The maximum Gasteiger partial charge on any atom is 0.211 e. The predicted octanol–water partition coefficient (Wildman–Crippen LogP) is 5.59. The first kappa shape index (κ1) is 15.0.